The Morgan fingerprint density at radius 1 is 0.926 bits per heavy atom. The van der Waals surface area contributed by atoms with Gasteiger partial charge in [-0.05, 0) is 42.3 Å². The van der Waals surface area contributed by atoms with E-state index in [0.717, 1.165) is 16.9 Å². The van der Waals surface area contributed by atoms with Crippen LogP contribution in [0.3, 0.4) is 0 Å². The third-order valence-electron chi connectivity index (χ3n) is 4.06. The highest BCUT2D eigenvalue weighted by Crippen LogP contribution is 2.23. The topological polar surface area (TPSA) is 21.3 Å². The average Bonchev–Trinajstić information content (AvgIpc) is 2.68. The van der Waals surface area contributed by atoms with Gasteiger partial charge in [0.2, 0.25) is 0 Å². The molecular formula is C22H19Cl2NOS. The molecule has 0 aliphatic heterocycles. The van der Waals surface area contributed by atoms with Crippen LogP contribution >= 0.6 is 35.4 Å². The fraction of sp³-hybridized carbons (Fsp3) is 0.136. The van der Waals surface area contributed by atoms with Crippen molar-refractivity contribution >= 4 is 40.4 Å². The number of nitrogens with one attached hydrogen (secondary N) is 1. The van der Waals surface area contributed by atoms with Gasteiger partial charge in [0.25, 0.3) is 0 Å². The standard InChI is InChI=1S/C22H19Cl2NOS/c1-15-5-7-16(8-6-15)13-25-22(27)18-3-2-4-19(12-18)26-14-17-9-10-20(23)21(24)11-17/h2-12H,13-14H2,1H3,(H,25,27). The van der Waals surface area contributed by atoms with Gasteiger partial charge in [-0.25, -0.2) is 0 Å². The number of rotatable bonds is 6. The van der Waals surface area contributed by atoms with Crippen molar-refractivity contribution in [2.45, 2.75) is 20.1 Å². The second kappa shape index (κ2) is 9.23. The van der Waals surface area contributed by atoms with Gasteiger partial charge in [0.1, 0.15) is 17.3 Å². The van der Waals surface area contributed by atoms with Gasteiger partial charge in [-0.1, -0.05) is 83.4 Å². The van der Waals surface area contributed by atoms with Gasteiger partial charge >= 0.3 is 0 Å². The Balaban J connectivity index is 1.59. The van der Waals surface area contributed by atoms with Crippen LogP contribution in [0.4, 0.5) is 0 Å². The molecule has 0 aliphatic rings. The summed E-state index contributed by atoms with van der Waals surface area (Å²) in [4.78, 5) is 0.690. The first-order chi connectivity index (χ1) is 13.0. The quantitative estimate of drug-likeness (QED) is 0.474. The molecule has 1 N–H and O–H groups in total. The zero-order valence-corrected chi connectivity index (χ0v) is 17.2. The summed E-state index contributed by atoms with van der Waals surface area (Å²) in [7, 11) is 0. The third kappa shape index (κ3) is 5.70. The molecule has 0 heterocycles. The first kappa shape index (κ1) is 19.7. The highest BCUT2D eigenvalue weighted by atomic mass is 35.5. The minimum absolute atomic E-state index is 0.407. The number of benzene rings is 3. The molecule has 3 rings (SSSR count). The minimum atomic E-state index is 0.407. The molecule has 0 saturated carbocycles. The van der Waals surface area contributed by atoms with E-state index in [9.17, 15) is 0 Å². The number of hydrogen-bond donors (Lipinski definition) is 1. The van der Waals surface area contributed by atoms with E-state index < -0.39 is 0 Å². The van der Waals surface area contributed by atoms with Crippen molar-refractivity contribution in [1.29, 1.82) is 0 Å². The number of hydrogen-bond acceptors (Lipinski definition) is 2. The normalized spacial score (nSPS) is 10.5. The second-order valence-electron chi connectivity index (χ2n) is 6.23. The van der Waals surface area contributed by atoms with Crippen molar-refractivity contribution < 1.29 is 4.74 Å². The molecule has 27 heavy (non-hydrogen) atoms. The number of aryl methyl sites for hydroxylation is 1. The van der Waals surface area contributed by atoms with Gasteiger partial charge in [0.15, 0.2) is 0 Å². The van der Waals surface area contributed by atoms with Crippen LogP contribution in [-0.2, 0) is 13.2 Å². The molecule has 138 valence electrons. The van der Waals surface area contributed by atoms with E-state index in [-0.39, 0.29) is 0 Å². The van der Waals surface area contributed by atoms with Crippen molar-refractivity contribution in [3.8, 4) is 5.75 Å². The molecule has 0 aliphatic carbocycles. The zero-order chi connectivity index (χ0) is 19.2. The number of halogens is 2. The highest BCUT2D eigenvalue weighted by molar-refractivity contribution is 7.80. The van der Waals surface area contributed by atoms with Gasteiger partial charge in [0, 0.05) is 12.1 Å². The zero-order valence-electron chi connectivity index (χ0n) is 14.8. The van der Waals surface area contributed by atoms with E-state index in [1.807, 2.05) is 36.4 Å². The van der Waals surface area contributed by atoms with Crippen molar-refractivity contribution in [2.75, 3.05) is 0 Å². The smallest absolute Gasteiger partial charge is 0.120 e. The lowest BCUT2D eigenvalue weighted by atomic mass is 10.1. The Bertz CT molecular complexity index is 941. The molecule has 0 spiro atoms. The SMILES string of the molecule is Cc1ccc(CNC(=S)c2cccc(OCc3ccc(Cl)c(Cl)c3)c2)cc1. The fourth-order valence-corrected chi connectivity index (χ4v) is 3.03. The van der Waals surface area contributed by atoms with Crippen molar-refractivity contribution in [3.05, 3.63) is 99.0 Å². The molecule has 0 saturated heterocycles. The predicted molar refractivity (Wildman–Crippen MR) is 117 cm³/mol. The van der Waals surface area contributed by atoms with Crippen LogP contribution in [0.1, 0.15) is 22.3 Å². The lowest BCUT2D eigenvalue weighted by Gasteiger charge is -2.11. The van der Waals surface area contributed by atoms with Crippen LogP contribution in [-0.4, -0.2) is 4.99 Å². The summed E-state index contributed by atoms with van der Waals surface area (Å²) in [6, 6.07) is 21.6. The van der Waals surface area contributed by atoms with Gasteiger partial charge in [-0.15, -0.1) is 0 Å². The van der Waals surface area contributed by atoms with Crippen molar-refractivity contribution in [1.82, 2.24) is 5.32 Å². The molecule has 3 aromatic rings. The largest absolute Gasteiger partial charge is 0.489 e. The van der Waals surface area contributed by atoms with Crippen LogP contribution in [0, 0.1) is 6.92 Å². The highest BCUT2D eigenvalue weighted by Gasteiger charge is 2.05. The molecule has 0 atom stereocenters. The Labute approximate surface area is 175 Å². The van der Waals surface area contributed by atoms with E-state index in [1.165, 1.54) is 11.1 Å². The maximum absolute atomic E-state index is 6.04. The molecule has 0 bridgehead atoms. The first-order valence-electron chi connectivity index (χ1n) is 8.52. The van der Waals surface area contributed by atoms with Gasteiger partial charge in [0.05, 0.1) is 10.0 Å². The van der Waals surface area contributed by atoms with Crippen molar-refractivity contribution in [2.24, 2.45) is 0 Å². The van der Waals surface area contributed by atoms with Gasteiger partial charge < -0.3 is 10.1 Å². The molecule has 2 nitrogen and oxygen atoms in total. The maximum atomic E-state index is 6.04. The third-order valence-corrected chi connectivity index (χ3v) is 5.18. The maximum Gasteiger partial charge on any atom is 0.120 e. The monoisotopic (exact) mass is 415 g/mol. The van der Waals surface area contributed by atoms with E-state index >= 15 is 0 Å². The molecule has 0 unspecified atom stereocenters. The van der Waals surface area contributed by atoms with Crippen LogP contribution < -0.4 is 10.1 Å². The summed E-state index contributed by atoms with van der Waals surface area (Å²) in [5.41, 5.74) is 4.31. The molecule has 0 amide bonds. The van der Waals surface area contributed by atoms with E-state index in [1.54, 1.807) is 6.07 Å². The molecule has 0 radical (unpaired) electrons. The fourth-order valence-electron chi connectivity index (χ4n) is 2.51. The van der Waals surface area contributed by atoms with Crippen molar-refractivity contribution in [3.63, 3.8) is 0 Å². The Kier molecular flexibility index (Phi) is 6.73. The summed E-state index contributed by atoms with van der Waals surface area (Å²) in [5, 5.41) is 4.35. The Morgan fingerprint density at radius 2 is 1.67 bits per heavy atom. The molecule has 3 aromatic carbocycles. The Hall–Kier alpha value is -2.07. The van der Waals surface area contributed by atoms with Gasteiger partial charge in [-0.3, -0.25) is 0 Å². The molecular weight excluding hydrogens is 397 g/mol. The first-order valence-corrected chi connectivity index (χ1v) is 9.68. The Morgan fingerprint density at radius 3 is 2.41 bits per heavy atom. The molecule has 0 aromatic heterocycles. The predicted octanol–water partition coefficient (Wildman–Crippen LogP) is 6.35. The van der Waals surface area contributed by atoms with E-state index in [2.05, 4.69) is 36.5 Å². The summed E-state index contributed by atoms with van der Waals surface area (Å²) in [6.07, 6.45) is 0. The summed E-state index contributed by atoms with van der Waals surface area (Å²) in [5.74, 6) is 0.748. The van der Waals surface area contributed by atoms with Gasteiger partial charge in [-0.2, -0.15) is 0 Å². The van der Waals surface area contributed by atoms with Crippen LogP contribution in [0.5, 0.6) is 5.75 Å². The van der Waals surface area contributed by atoms with Crippen LogP contribution in [0.25, 0.3) is 0 Å². The summed E-state index contributed by atoms with van der Waals surface area (Å²) >= 11 is 17.5. The second-order valence-corrected chi connectivity index (χ2v) is 7.46. The lowest BCUT2D eigenvalue weighted by Crippen LogP contribution is -2.21. The molecule has 5 heteroatoms. The van der Waals surface area contributed by atoms with Crippen LogP contribution in [0.2, 0.25) is 10.0 Å². The number of ether oxygens (including phenoxy) is 1. The van der Waals surface area contributed by atoms with Crippen LogP contribution in [0.15, 0.2) is 66.7 Å². The molecule has 0 fully saturated rings. The lowest BCUT2D eigenvalue weighted by molar-refractivity contribution is 0.306. The van der Waals surface area contributed by atoms with E-state index in [0.29, 0.717) is 28.2 Å². The minimum Gasteiger partial charge on any atom is -0.489 e. The summed E-state index contributed by atoms with van der Waals surface area (Å²) in [6.45, 7) is 3.17. The summed E-state index contributed by atoms with van der Waals surface area (Å²) < 4.78 is 5.86. The average molecular weight is 416 g/mol. The van der Waals surface area contributed by atoms with E-state index in [4.69, 9.17) is 40.2 Å². The number of thiocarbonyl (C=S) groups is 1.